The van der Waals surface area contributed by atoms with Gasteiger partial charge < -0.3 is 10.6 Å². The zero-order chi connectivity index (χ0) is 18.9. The molecule has 2 aromatic heterocycles. The molecule has 6 heteroatoms. The Bertz CT molecular complexity index is 837. The fourth-order valence-electron chi connectivity index (χ4n) is 2.92. The summed E-state index contributed by atoms with van der Waals surface area (Å²) in [5.41, 5.74) is 3.49. The highest BCUT2D eigenvalue weighted by Gasteiger charge is 2.06. The van der Waals surface area contributed by atoms with Crippen molar-refractivity contribution in [1.29, 1.82) is 0 Å². The van der Waals surface area contributed by atoms with Gasteiger partial charge in [0.25, 0.3) is 0 Å². The lowest BCUT2D eigenvalue weighted by molar-refractivity contribution is 0.738. The van der Waals surface area contributed by atoms with E-state index in [1.807, 2.05) is 29.9 Å². The van der Waals surface area contributed by atoms with E-state index in [1.165, 1.54) is 10.4 Å². The normalized spacial score (nSPS) is 11.6. The van der Waals surface area contributed by atoms with Crippen LogP contribution >= 0.6 is 11.3 Å². The van der Waals surface area contributed by atoms with E-state index in [-0.39, 0.29) is 0 Å². The molecular formula is C21H27N5S. The zero-order valence-electron chi connectivity index (χ0n) is 16.0. The number of nitrogens with one attached hydrogen (secondary N) is 2. The van der Waals surface area contributed by atoms with Crippen molar-refractivity contribution in [3.05, 3.63) is 70.2 Å². The van der Waals surface area contributed by atoms with Crippen molar-refractivity contribution in [2.24, 2.45) is 4.99 Å². The summed E-state index contributed by atoms with van der Waals surface area (Å²) in [4.78, 5) is 5.69. The minimum atomic E-state index is 0.864. The number of hydrogen-bond donors (Lipinski definition) is 2. The van der Waals surface area contributed by atoms with Gasteiger partial charge >= 0.3 is 0 Å². The minimum absolute atomic E-state index is 0.864. The summed E-state index contributed by atoms with van der Waals surface area (Å²) in [6.45, 7) is 3.85. The first-order valence-corrected chi connectivity index (χ1v) is 10.2. The highest BCUT2D eigenvalue weighted by Crippen LogP contribution is 2.13. The topological polar surface area (TPSA) is 54.2 Å². The van der Waals surface area contributed by atoms with Gasteiger partial charge in [0.05, 0.1) is 11.4 Å². The Balaban J connectivity index is 1.41. The molecule has 3 aromatic rings. The monoisotopic (exact) mass is 381 g/mol. The molecule has 0 atom stereocenters. The van der Waals surface area contributed by atoms with Crippen LogP contribution in [-0.2, 0) is 12.8 Å². The maximum atomic E-state index is 4.64. The maximum Gasteiger partial charge on any atom is 0.190 e. The van der Waals surface area contributed by atoms with Crippen LogP contribution in [0.15, 0.2) is 59.0 Å². The second kappa shape index (κ2) is 9.92. The molecule has 0 spiro atoms. The Kier molecular flexibility index (Phi) is 7.04. The van der Waals surface area contributed by atoms with Gasteiger partial charge in [-0.2, -0.15) is 5.10 Å². The number of aromatic nitrogens is 2. The first-order valence-electron chi connectivity index (χ1n) is 9.33. The third kappa shape index (κ3) is 5.69. The van der Waals surface area contributed by atoms with Crippen LogP contribution in [0.3, 0.4) is 0 Å². The first-order chi connectivity index (χ1) is 13.3. The highest BCUT2D eigenvalue weighted by atomic mass is 32.1. The van der Waals surface area contributed by atoms with Gasteiger partial charge in [0, 0.05) is 31.2 Å². The summed E-state index contributed by atoms with van der Waals surface area (Å²) in [5, 5.41) is 13.5. The van der Waals surface area contributed by atoms with E-state index >= 15 is 0 Å². The summed E-state index contributed by atoms with van der Waals surface area (Å²) in [6, 6.07) is 14.5. The van der Waals surface area contributed by atoms with Crippen LogP contribution in [0.25, 0.3) is 5.69 Å². The summed E-state index contributed by atoms with van der Waals surface area (Å²) in [7, 11) is 1.81. The van der Waals surface area contributed by atoms with E-state index in [1.54, 1.807) is 11.3 Å². The molecule has 0 saturated heterocycles. The number of guanidine groups is 1. The van der Waals surface area contributed by atoms with E-state index < -0.39 is 0 Å². The predicted octanol–water partition coefficient (Wildman–Crippen LogP) is 3.58. The van der Waals surface area contributed by atoms with Crippen molar-refractivity contribution >= 4 is 17.3 Å². The van der Waals surface area contributed by atoms with Gasteiger partial charge in [-0.1, -0.05) is 24.3 Å². The molecule has 1 aromatic carbocycles. The first kappa shape index (κ1) is 19.2. The van der Waals surface area contributed by atoms with Crippen LogP contribution in [0.1, 0.15) is 22.6 Å². The highest BCUT2D eigenvalue weighted by molar-refractivity contribution is 7.09. The minimum Gasteiger partial charge on any atom is -0.356 e. The molecule has 2 N–H and O–H groups in total. The van der Waals surface area contributed by atoms with Crippen LogP contribution in [-0.4, -0.2) is 35.9 Å². The largest absolute Gasteiger partial charge is 0.356 e. The van der Waals surface area contributed by atoms with Gasteiger partial charge in [-0.15, -0.1) is 11.3 Å². The number of benzene rings is 1. The Hall–Kier alpha value is -2.60. The molecule has 0 radical (unpaired) electrons. The quantitative estimate of drug-likeness (QED) is 0.356. The number of hydrogen-bond acceptors (Lipinski definition) is 3. The molecule has 0 aliphatic heterocycles. The van der Waals surface area contributed by atoms with Crippen molar-refractivity contribution in [3.63, 3.8) is 0 Å². The Labute approximate surface area is 165 Å². The molecule has 2 heterocycles. The second-order valence-corrected chi connectivity index (χ2v) is 7.41. The van der Waals surface area contributed by atoms with Gasteiger partial charge in [0.1, 0.15) is 0 Å². The molecule has 0 aliphatic rings. The molecule has 142 valence electrons. The summed E-state index contributed by atoms with van der Waals surface area (Å²) in [6.07, 6.45) is 5.19. The Morgan fingerprint density at radius 2 is 1.89 bits per heavy atom. The summed E-state index contributed by atoms with van der Waals surface area (Å²) < 4.78 is 1.96. The molecule has 3 rings (SSSR count). The number of para-hydroxylation sites is 1. The van der Waals surface area contributed by atoms with Crippen molar-refractivity contribution in [1.82, 2.24) is 20.4 Å². The lowest BCUT2D eigenvalue weighted by atomic mass is 10.1. The predicted molar refractivity (Wildman–Crippen MR) is 114 cm³/mol. The smallest absolute Gasteiger partial charge is 0.190 e. The van der Waals surface area contributed by atoms with E-state index in [0.29, 0.717) is 0 Å². The van der Waals surface area contributed by atoms with E-state index in [0.717, 1.165) is 49.7 Å². The number of aliphatic imine (C=N–C) groups is 1. The summed E-state index contributed by atoms with van der Waals surface area (Å²) in [5.74, 6) is 0.864. The third-order valence-electron chi connectivity index (χ3n) is 4.40. The average molecular weight is 382 g/mol. The molecule has 0 bridgehead atoms. The number of aryl methyl sites for hydroxylation is 2. The lowest BCUT2D eigenvalue weighted by Gasteiger charge is -2.11. The molecule has 5 nitrogen and oxygen atoms in total. The fourth-order valence-corrected chi connectivity index (χ4v) is 3.63. The summed E-state index contributed by atoms with van der Waals surface area (Å²) >= 11 is 1.79. The van der Waals surface area contributed by atoms with Gasteiger partial charge in [0.2, 0.25) is 0 Å². The van der Waals surface area contributed by atoms with Gasteiger partial charge in [-0.3, -0.25) is 4.99 Å². The Morgan fingerprint density at radius 3 is 2.63 bits per heavy atom. The van der Waals surface area contributed by atoms with Crippen LogP contribution < -0.4 is 10.6 Å². The van der Waals surface area contributed by atoms with Crippen molar-refractivity contribution in [2.75, 3.05) is 20.1 Å². The molecule has 0 unspecified atom stereocenters. The standard InChI is InChI=1S/C21H27N5S/c1-17-18(16-26(25-17)19-9-4-3-5-10-19)8-6-13-23-21(22-2)24-14-12-20-11-7-15-27-20/h3-5,7,9-11,15-16H,6,8,12-14H2,1-2H3,(H2,22,23,24). The number of thiophene rings is 1. The molecule has 0 amide bonds. The van der Waals surface area contributed by atoms with Crippen LogP contribution in [0.5, 0.6) is 0 Å². The number of rotatable bonds is 8. The number of nitrogens with zero attached hydrogens (tertiary/aromatic N) is 3. The molecule has 0 aliphatic carbocycles. The molecular weight excluding hydrogens is 354 g/mol. The zero-order valence-corrected chi connectivity index (χ0v) is 16.8. The second-order valence-electron chi connectivity index (χ2n) is 6.38. The molecule has 0 fully saturated rings. The van der Waals surface area contributed by atoms with Gasteiger partial charge in [-0.05, 0) is 55.3 Å². The Morgan fingerprint density at radius 1 is 1.07 bits per heavy atom. The third-order valence-corrected chi connectivity index (χ3v) is 5.34. The van der Waals surface area contributed by atoms with Gasteiger partial charge in [0.15, 0.2) is 5.96 Å². The van der Waals surface area contributed by atoms with Gasteiger partial charge in [-0.25, -0.2) is 4.68 Å². The van der Waals surface area contributed by atoms with Crippen molar-refractivity contribution < 1.29 is 0 Å². The maximum absolute atomic E-state index is 4.64. The van der Waals surface area contributed by atoms with E-state index in [4.69, 9.17) is 0 Å². The lowest BCUT2D eigenvalue weighted by Crippen LogP contribution is -2.38. The van der Waals surface area contributed by atoms with Crippen molar-refractivity contribution in [3.8, 4) is 5.69 Å². The SMILES string of the molecule is CN=C(NCCCc1cn(-c2ccccc2)nc1C)NCCc1cccs1. The van der Waals surface area contributed by atoms with E-state index in [9.17, 15) is 0 Å². The average Bonchev–Trinajstić information content (AvgIpc) is 3.34. The van der Waals surface area contributed by atoms with Crippen LogP contribution in [0.2, 0.25) is 0 Å². The molecule has 0 saturated carbocycles. The molecule has 27 heavy (non-hydrogen) atoms. The van der Waals surface area contributed by atoms with Crippen LogP contribution in [0.4, 0.5) is 0 Å². The van der Waals surface area contributed by atoms with E-state index in [2.05, 4.69) is 63.5 Å². The van der Waals surface area contributed by atoms with Crippen molar-refractivity contribution in [2.45, 2.75) is 26.2 Å². The fraction of sp³-hybridized carbons (Fsp3) is 0.333. The van der Waals surface area contributed by atoms with Crippen LogP contribution in [0, 0.1) is 6.92 Å².